The fraction of sp³-hybridized carbons (Fsp3) is 0.467. The van der Waals surface area contributed by atoms with Gasteiger partial charge in [-0.25, -0.2) is 0 Å². The SMILES string of the molecule is C[C@@]12C=CO[C@H](c3ccccc3)[C@@]13OCC[C@H]32. The van der Waals surface area contributed by atoms with Crippen molar-refractivity contribution in [3.05, 3.63) is 48.2 Å². The lowest BCUT2D eigenvalue weighted by Gasteiger charge is -2.32. The number of ether oxygens (including phenoxy) is 2. The minimum absolute atomic E-state index is 0.0613. The molecule has 1 aromatic carbocycles. The van der Waals surface area contributed by atoms with Gasteiger partial charge in [0.2, 0.25) is 0 Å². The second kappa shape index (κ2) is 2.94. The molecule has 1 spiro atoms. The van der Waals surface area contributed by atoms with Crippen molar-refractivity contribution in [1.29, 1.82) is 0 Å². The summed E-state index contributed by atoms with van der Waals surface area (Å²) in [5.41, 5.74) is 1.32. The van der Waals surface area contributed by atoms with Crippen molar-refractivity contribution in [1.82, 2.24) is 0 Å². The van der Waals surface area contributed by atoms with Crippen molar-refractivity contribution in [2.75, 3.05) is 6.61 Å². The van der Waals surface area contributed by atoms with E-state index in [-0.39, 0.29) is 17.1 Å². The third-order valence-corrected chi connectivity index (χ3v) is 4.87. The molecule has 17 heavy (non-hydrogen) atoms. The Balaban J connectivity index is 1.81. The fourth-order valence-corrected chi connectivity index (χ4v) is 3.95. The van der Waals surface area contributed by atoms with Crippen molar-refractivity contribution in [2.45, 2.75) is 25.0 Å². The lowest BCUT2D eigenvalue weighted by atomic mass is 9.93. The molecular weight excluding hydrogens is 212 g/mol. The van der Waals surface area contributed by atoms with Crippen molar-refractivity contribution >= 4 is 0 Å². The van der Waals surface area contributed by atoms with Gasteiger partial charge in [-0.15, -0.1) is 0 Å². The van der Waals surface area contributed by atoms with Crippen LogP contribution in [-0.2, 0) is 9.47 Å². The average molecular weight is 228 g/mol. The molecule has 4 rings (SSSR count). The van der Waals surface area contributed by atoms with E-state index in [1.807, 2.05) is 12.3 Å². The van der Waals surface area contributed by atoms with E-state index in [1.54, 1.807) is 0 Å². The molecule has 1 saturated carbocycles. The second-order valence-electron chi connectivity index (χ2n) is 5.50. The Morgan fingerprint density at radius 3 is 2.88 bits per heavy atom. The normalized spacial score (nSPS) is 45.9. The second-order valence-corrected chi connectivity index (χ2v) is 5.50. The molecule has 0 radical (unpaired) electrons. The van der Waals surface area contributed by atoms with Crippen LogP contribution in [0.3, 0.4) is 0 Å². The maximum atomic E-state index is 6.11. The molecule has 2 nitrogen and oxygen atoms in total. The molecule has 2 fully saturated rings. The lowest BCUT2D eigenvalue weighted by molar-refractivity contribution is -0.0752. The van der Waals surface area contributed by atoms with Crippen LogP contribution in [0.1, 0.15) is 25.0 Å². The predicted molar refractivity (Wildman–Crippen MR) is 64.3 cm³/mol. The Labute approximate surface area is 101 Å². The van der Waals surface area contributed by atoms with Gasteiger partial charge in [0.25, 0.3) is 0 Å². The summed E-state index contributed by atoms with van der Waals surface area (Å²) >= 11 is 0. The van der Waals surface area contributed by atoms with E-state index in [0.717, 1.165) is 13.0 Å². The minimum Gasteiger partial charge on any atom is -0.491 e. The van der Waals surface area contributed by atoms with Crippen molar-refractivity contribution in [3.63, 3.8) is 0 Å². The monoisotopic (exact) mass is 228 g/mol. The van der Waals surface area contributed by atoms with Gasteiger partial charge in [-0.1, -0.05) is 37.3 Å². The molecule has 1 aliphatic carbocycles. The van der Waals surface area contributed by atoms with Crippen LogP contribution in [0.2, 0.25) is 0 Å². The van der Waals surface area contributed by atoms with Crippen LogP contribution in [0, 0.1) is 11.3 Å². The molecule has 0 N–H and O–H groups in total. The average Bonchev–Trinajstić information content (AvgIpc) is 2.72. The van der Waals surface area contributed by atoms with E-state index in [9.17, 15) is 0 Å². The molecule has 1 aromatic rings. The Bertz CT molecular complexity index is 481. The van der Waals surface area contributed by atoms with E-state index in [1.165, 1.54) is 5.56 Å². The first-order valence-electron chi connectivity index (χ1n) is 6.31. The molecule has 2 heterocycles. The summed E-state index contributed by atoms with van der Waals surface area (Å²) in [6.07, 6.45) is 5.28. The van der Waals surface area contributed by atoms with Crippen molar-refractivity contribution < 1.29 is 9.47 Å². The maximum Gasteiger partial charge on any atom is 0.153 e. The quantitative estimate of drug-likeness (QED) is 0.735. The third-order valence-electron chi connectivity index (χ3n) is 4.87. The summed E-state index contributed by atoms with van der Waals surface area (Å²) < 4.78 is 12.0. The summed E-state index contributed by atoms with van der Waals surface area (Å²) in [5, 5.41) is 0. The molecule has 88 valence electrons. The summed E-state index contributed by atoms with van der Waals surface area (Å²) in [7, 11) is 0. The largest absolute Gasteiger partial charge is 0.491 e. The number of benzene rings is 1. The van der Waals surface area contributed by atoms with Gasteiger partial charge < -0.3 is 9.47 Å². The Hall–Kier alpha value is -1.28. The molecule has 0 aromatic heterocycles. The smallest absolute Gasteiger partial charge is 0.153 e. The molecule has 2 heteroatoms. The molecule has 0 bridgehead atoms. The Morgan fingerprint density at radius 1 is 1.24 bits per heavy atom. The van der Waals surface area contributed by atoms with Crippen LogP contribution in [0.15, 0.2) is 42.7 Å². The molecule has 3 aliphatic rings. The van der Waals surface area contributed by atoms with Crippen LogP contribution in [0.25, 0.3) is 0 Å². The van der Waals surface area contributed by atoms with E-state index in [4.69, 9.17) is 9.47 Å². The van der Waals surface area contributed by atoms with Gasteiger partial charge in [0.05, 0.1) is 6.26 Å². The first-order valence-corrected chi connectivity index (χ1v) is 6.31. The standard InChI is InChI=1S/C15H16O2/c1-14-8-10-16-13(11-5-3-2-4-6-11)15(14)12(14)7-9-17-15/h2-6,8,10,12-13H,7,9H2,1H3/t12-,13+,14-,15+/m0/s1. The molecule has 0 unspecified atom stereocenters. The maximum absolute atomic E-state index is 6.11. The van der Waals surface area contributed by atoms with Gasteiger partial charge in [0.1, 0.15) is 5.60 Å². The van der Waals surface area contributed by atoms with Crippen LogP contribution >= 0.6 is 0 Å². The molecule has 2 aliphatic heterocycles. The Kier molecular flexibility index (Phi) is 1.68. The van der Waals surface area contributed by atoms with Gasteiger partial charge in [-0.3, -0.25) is 0 Å². The number of hydrogen-bond acceptors (Lipinski definition) is 2. The van der Waals surface area contributed by atoms with E-state index < -0.39 is 0 Å². The summed E-state index contributed by atoms with van der Waals surface area (Å²) in [5.74, 6) is 0.624. The lowest BCUT2D eigenvalue weighted by Crippen LogP contribution is -2.32. The number of hydrogen-bond donors (Lipinski definition) is 0. The van der Waals surface area contributed by atoms with Gasteiger partial charge >= 0.3 is 0 Å². The first-order chi connectivity index (χ1) is 8.29. The molecule has 0 amide bonds. The molecular formula is C15H16O2. The van der Waals surface area contributed by atoms with E-state index in [2.05, 4.69) is 37.3 Å². The first kappa shape index (κ1) is 9.72. The van der Waals surface area contributed by atoms with Crippen molar-refractivity contribution in [2.24, 2.45) is 11.3 Å². The predicted octanol–water partition coefficient (Wildman–Crippen LogP) is 3.07. The van der Waals surface area contributed by atoms with Gasteiger partial charge in [0, 0.05) is 17.9 Å². The topological polar surface area (TPSA) is 18.5 Å². The number of fused-ring (bicyclic) bond motifs is 1. The van der Waals surface area contributed by atoms with Crippen LogP contribution in [0.5, 0.6) is 0 Å². The zero-order valence-electron chi connectivity index (χ0n) is 9.93. The van der Waals surface area contributed by atoms with Gasteiger partial charge in [-0.2, -0.15) is 0 Å². The molecule has 1 saturated heterocycles. The van der Waals surface area contributed by atoms with Gasteiger partial charge in [0.15, 0.2) is 6.10 Å². The highest BCUT2D eigenvalue weighted by Crippen LogP contribution is 2.76. The number of rotatable bonds is 1. The van der Waals surface area contributed by atoms with Gasteiger partial charge in [-0.05, 0) is 18.1 Å². The summed E-state index contributed by atoms with van der Waals surface area (Å²) in [4.78, 5) is 0. The minimum atomic E-state index is -0.0941. The molecule has 4 atom stereocenters. The summed E-state index contributed by atoms with van der Waals surface area (Å²) in [6.45, 7) is 3.17. The van der Waals surface area contributed by atoms with Crippen LogP contribution in [-0.4, -0.2) is 12.2 Å². The fourth-order valence-electron chi connectivity index (χ4n) is 3.95. The zero-order chi connectivity index (χ0) is 11.5. The Morgan fingerprint density at radius 2 is 2.06 bits per heavy atom. The van der Waals surface area contributed by atoms with E-state index >= 15 is 0 Å². The summed E-state index contributed by atoms with van der Waals surface area (Å²) in [6, 6.07) is 10.4. The van der Waals surface area contributed by atoms with Crippen molar-refractivity contribution in [3.8, 4) is 0 Å². The van der Waals surface area contributed by atoms with Crippen LogP contribution < -0.4 is 0 Å². The highest BCUT2D eigenvalue weighted by Gasteiger charge is 2.81. The zero-order valence-corrected chi connectivity index (χ0v) is 9.93. The highest BCUT2D eigenvalue weighted by atomic mass is 16.6. The third kappa shape index (κ3) is 0.963. The highest BCUT2D eigenvalue weighted by molar-refractivity contribution is 5.40. The van der Waals surface area contributed by atoms with Crippen LogP contribution in [0.4, 0.5) is 0 Å². The van der Waals surface area contributed by atoms with E-state index in [0.29, 0.717) is 5.92 Å².